The van der Waals surface area contributed by atoms with Gasteiger partial charge < -0.3 is 14.8 Å². The van der Waals surface area contributed by atoms with Crippen molar-refractivity contribution in [2.24, 2.45) is 5.92 Å². The van der Waals surface area contributed by atoms with E-state index in [1.807, 2.05) is 0 Å². The highest BCUT2D eigenvalue weighted by Gasteiger charge is 2.33. The van der Waals surface area contributed by atoms with Crippen LogP contribution in [0.25, 0.3) is 0 Å². The van der Waals surface area contributed by atoms with Crippen molar-refractivity contribution in [1.29, 1.82) is 0 Å². The van der Waals surface area contributed by atoms with Gasteiger partial charge in [0.05, 0.1) is 13.7 Å². The highest BCUT2D eigenvalue weighted by Crippen LogP contribution is 2.28. The van der Waals surface area contributed by atoms with Crippen LogP contribution in [-0.2, 0) is 14.3 Å². The van der Waals surface area contributed by atoms with Gasteiger partial charge in [-0.05, 0) is 25.7 Å². The minimum atomic E-state index is -0.579. The standard InChI is InChI=1S/C11H19NO4/c1-3-16-10(13)9(12-11(14)15-2)8-6-4-5-7-8/h8-9H,3-7H2,1-2H3,(H,12,14)/t9-/m1/s1. The summed E-state index contributed by atoms with van der Waals surface area (Å²) in [6, 6.07) is -0.560. The third-order valence-corrected chi connectivity index (χ3v) is 2.87. The van der Waals surface area contributed by atoms with Crippen molar-refractivity contribution in [2.75, 3.05) is 13.7 Å². The molecule has 0 spiro atoms. The fourth-order valence-corrected chi connectivity index (χ4v) is 2.08. The Kier molecular flexibility index (Phi) is 5.08. The number of alkyl carbamates (subject to hydrolysis) is 1. The Balaban J connectivity index is 2.59. The molecule has 1 rings (SSSR count). The van der Waals surface area contributed by atoms with Crippen LogP contribution in [0.2, 0.25) is 0 Å². The van der Waals surface area contributed by atoms with Gasteiger partial charge in [0.2, 0.25) is 0 Å². The lowest BCUT2D eigenvalue weighted by atomic mass is 9.98. The SMILES string of the molecule is CCOC(=O)[C@H](NC(=O)OC)C1CCCC1. The van der Waals surface area contributed by atoms with Gasteiger partial charge in [-0.25, -0.2) is 9.59 Å². The molecular formula is C11H19NO4. The average molecular weight is 229 g/mol. The fourth-order valence-electron chi connectivity index (χ4n) is 2.08. The van der Waals surface area contributed by atoms with Gasteiger partial charge in [-0.15, -0.1) is 0 Å². The van der Waals surface area contributed by atoms with Crippen LogP contribution >= 0.6 is 0 Å². The predicted octanol–water partition coefficient (Wildman–Crippen LogP) is 1.46. The maximum Gasteiger partial charge on any atom is 0.407 e. The Morgan fingerprint density at radius 3 is 2.50 bits per heavy atom. The van der Waals surface area contributed by atoms with Crippen LogP contribution in [-0.4, -0.2) is 31.8 Å². The maximum absolute atomic E-state index is 11.7. The summed E-state index contributed by atoms with van der Waals surface area (Å²) in [5.41, 5.74) is 0. The molecule has 0 unspecified atom stereocenters. The van der Waals surface area contributed by atoms with Gasteiger partial charge in [0, 0.05) is 0 Å². The van der Waals surface area contributed by atoms with Gasteiger partial charge in [-0.2, -0.15) is 0 Å². The van der Waals surface area contributed by atoms with Gasteiger partial charge in [-0.1, -0.05) is 12.8 Å². The number of ether oxygens (including phenoxy) is 2. The van der Waals surface area contributed by atoms with Gasteiger partial charge in [-0.3, -0.25) is 0 Å². The van der Waals surface area contributed by atoms with Crippen molar-refractivity contribution >= 4 is 12.1 Å². The molecule has 1 atom stereocenters. The zero-order chi connectivity index (χ0) is 12.0. The molecule has 0 aromatic carbocycles. The fraction of sp³-hybridized carbons (Fsp3) is 0.818. The lowest BCUT2D eigenvalue weighted by Gasteiger charge is -2.21. The number of amides is 1. The Hall–Kier alpha value is -1.26. The van der Waals surface area contributed by atoms with Gasteiger partial charge in [0.25, 0.3) is 0 Å². The second-order valence-electron chi connectivity index (χ2n) is 3.91. The molecule has 5 nitrogen and oxygen atoms in total. The first-order valence-electron chi connectivity index (χ1n) is 5.70. The molecule has 16 heavy (non-hydrogen) atoms. The number of hydrogen-bond acceptors (Lipinski definition) is 4. The molecule has 1 aliphatic carbocycles. The molecule has 92 valence electrons. The van der Waals surface area contributed by atoms with E-state index in [0.29, 0.717) is 6.61 Å². The molecule has 1 amide bonds. The molecule has 0 radical (unpaired) electrons. The summed E-state index contributed by atoms with van der Waals surface area (Å²) in [6.07, 6.45) is 3.53. The summed E-state index contributed by atoms with van der Waals surface area (Å²) in [4.78, 5) is 22.8. The van der Waals surface area contributed by atoms with Gasteiger partial charge in [0.15, 0.2) is 0 Å². The largest absolute Gasteiger partial charge is 0.464 e. The van der Waals surface area contributed by atoms with Crippen LogP contribution in [0.5, 0.6) is 0 Å². The maximum atomic E-state index is 11.7. The lowest BCUT2D eigenvalue weighted by Crippen LogP contribution is -2.46. The summed E-state index contributed by atoms with van der Waals surface area (Å²) in [5.74, 6) is -0.182. The minimum Gasteiger partial charge on any atom is -0.464 e. The van der Waals surface area contributed by atoms with Crippen LogP contribution < -0.4 is 5.32 Å². The van der Waals surface area contributed by atoms with E-state index in [1.165, 1.54) is 7.11 Å². The first kappa shape index (κ1) is 12.8. The van der Waals surface area contributed by atoms with Crippen LogP contribution in [0.4, 0.5) is 4.79 Å². The van der Waals surface area contributed by atoms with E-state index < -0.39 is 12.1 Å². The third-order valence-electron chi connectivity index (χ3n) is 2.87. The summed E-state index contributed by atoms with van der Waals surface area (Å²) in [7, 11) is 1.28. The van der Waals surface area contributed by atoms with Gasteiger partial charge in [0.1, 0.15) is 6.04 Å². The van der Waals surface area contributed by atoms with E-state index in [1.54, 1.807) is 6.92 Å². The monoisotopic (exact) mass is 229 g/mol. The van der Waals surface area contributed by atoms with E-state index in [0.717, 1.165) is 25.7 Å². The van der Waals surface area contributed by atoms with E-state index >= 15 is 0 Å². The second kappa shape index (κ2) is 6.35. The smallest absolute Gasteiger partial charge is 0.407 e. The molecular weight excluding hydrogens is 210 g/mol. The Labute approximate surface area is 95.5 Å². The number of rotatable bonds is 4. The van der Waals surface area contributed by atoms with Crippen LogP contribution in [0.1, 0.15) is 32.6 Å². The predicted molar refractivity (Wildman–Crippen MR) is 57.9 cm³/mol. The van der Waals surface area contributed by atoms with Crippen LogP contribution in [0, 0.1) is 5.92 Å². The molecule has 0 aromatic rings. The quantitative estimate of drug-likeness (QED) is 0.741. The van der Waals surface area contributed by atoms with Crippen molar-refractivity contribution in [3.63, 3.8) is 0 Å². The molecule has 5 heteroatoms. The third kappa shape index (κ3) is 3.40. The molecule has 0 saturated heterocycles. The minimum absolute atomic E-state index is 0.179. The number of nitrogens with one attached hydrogen (secondary N) is 1. The Bertz CT molecular complexity index is 248. The Morgan fingerprint density at radius 1 is 1.38 bits per heavy atom. The zero-order valence-corrected chi connectivity index (χ0v) is 9.82. The molecule has 0 bridgehead atoms. The zero-order valence-electron chi connectivity index (χ0n) is 9.82. The summed E-state index contributed by atoms with van der Waals surface area (Å²) >= 11 is 0. The average Bonchev–Trinajstić information content (AvgIpc) is 2.78. The first-order chi connectivity index (χ1) is 7.69. The first-order valence-corrected chi connectivity index (χ1v) is 5.70. The van der Waals surface area contributed by atoms with Gasteiger partial charge >= 0.3 is 12.1 Å². The molecule has 1 aliphatic rings. The number of hydrogen-bond donors (Lipinski definition) is 1. The van der Waals surface area contributed by atoms with E-state index in [-0.39, 0.29) is 11.9 Å². The van der Waals surface area contributed by atoms with Crippen molar-refractivity contribution in [1.82, 2.24) is 5.32 Å². The molecule has 0 heterocycles. The molecule has 0 aliphatic heterocycles. The molecule has 1 N–H and O–H groups in total. The number of methoxy groups -OCH3 is 1. The topological polar surface area (TPSA) is 64.6 Å². The number of carbonyl (C=O) groups is 2. The lowest BCUT2D eigenvalue weighted by molar-refractivity contribution is -0.147. The molecule has 1 fully saturated rings. The highest BCUT2D eigenvalue weighted by atomic mass is 16.5. The van der Waals surface area contributed by atoms with Crippen LogP contribution in [0.3, 0.4) is 0 Å². The van der Waals surface area contributed by atoms with E-state index in [9.17, 15) is 9.59 Å². The Morgan fingerprint density at radius 2 is 2.00 bits per heavy atom. The van der Waals surface area contributed by atoms with Crippen molar-refractivity contribution < 1.29 is 19.1 Å². The number of esters is 1. The number of carbonyl (C=O) groups excluding carboxylic acids is 2. The van der Waals surface area contributed by atoms with E-state index in [2.05, 4.69) is 10.1 Å². The van der Waals surface area contributed by atoms with E-state index in [4.69, 9.17) is 4.74 Å². The molecule has 0 aromatic heterocycles. The highest BCUT2D eigenvalue weighted by molar-refractivity contribution is 5.81. The second-order valence-corrected chi connectivity index (χ2v) is 3.91. The van der Waals surface area contributed by atoms with Crippen molar-refractivity contribution in [2.45, 2.75) is 38.6 Å². The summed E-state index contributed by atoms with van der Waals surface area (Å²) in [6.45, 7) is 2.08. The normalized spacial score (nSPS) is 17.9. The van der Waals surface area contributed by atoms with Crippen molar-refractivity contribution in [3.8, 4) is 0 Å². The van der Waals surface area contributed by atoms with Crippen molar-refractivity contribution in [3.05, 3.63) is 0 Å². The van der Waals surface area contributed by atoms with Crippen LogP contribution in [0.15, 0.2) is 0 Å². The molecule has 1 saturated carbocycles. The summed E-state index contributed by atoms with van der Waals surface area (Å²) in [5, 5.41) is 2.56. The summed E-state index contributed by atoms with van der Waals surface area (Å²) < 4.78 is 9.46.